The molecule has 1 aromatic carbocycles. The maximum absolute atomic E-state index is 12.6. The molecule has 1 unspecified atom stereocenters. The molecular weight excluding hydrogens is 522 g/mol. The van der Waals surface area contributed by atoms with Crippen LogP contribution in [-0.4, -0.2) is 57.8 Å². The number of fused-ring (bicyclic) bond motifs is 2. The third kappa shape index (κ3) is 5.92. The molecule has 0 radical (unpaired) electrons. The number of hydrogen-bond acceptors (Lipinski definition) is 13. The zero-order valence-corrected chi connectivity index (χ0v) is 21.1. The number of ketones is 1. The number of hydrogen-bond donors (Lipinski definition) is 7. The van der Waals surface area contributed by atoms with Gasteiger partial charge in [-0.3, -0.25) is 4.79 Å². The van der Waals surface area contributed by atoms with E-state index in [0.717, 1.165) is 13.8 Å². The fourth-order valence-corrected chi connectivity index (χ4v) is 5.49. The quantitative estimate of drug-likeness (QED) is 0.0837. The fourth-order valence-electron chi connectivity index (χ4n) is 3.10. The monoisotopic (exact) mass is 548 g/mol. The maximum Gasteiger partial charge on any atom is 0.612 e. The summed E-state index contributed by atoms with van der Waals surface area (Å²) in [6.45, 7) is 2.96. The summed E-state index contributed by atoms with van der Waals surface area (Å²) in [5, 5.41) is 19.9. The highest BCUT2D eigenvalue weighted by Gasteiger charge is 2.67. The fraction of sp³-hybridized carbons (Fsp3) is 0.333. The van der Waals surface area contributed by atoms with E-state index in [4.69, 9.17) is 28.3 Å². The van der Waals surface area contributed by atoms with E-state index in [-0.39, 0.29) is 18.6 Å². The second-order valence-corrected chi connectivity index (χ2v) is 12.6. The third-order valence-corrected chi connectivity index (χ3v) is 8.98. The van der Waals surface area contributed by atoms with Crippen LogP contribution < -0.4 is 10.4 Å². The topological polar surface area (TPSA) is 220 Å². The first-order valence-electron chi connectivity index (χ1n) is 10.3. The maximum atomic E-state index is 12.6. The van der Waals surface area contributed by atoms with Crippen molar-refractivity contribution >= 4 is 43.8 Å². The first-order valence-corrected chi connectivity index (χ1v) is 13.5. The average molecular weight is 548 g/mol. The molecule has 0 bridgehead atoms. The first kappa shape index (κ1) is 28.1. The van der Waals surface area contributed by atoms with Crippen LogP contribution in [0.5, 0.6) is 5.75 Å². The third-order valence-electron chi connectivity index (χ3n) is 5.52. The van der Waals surface area contributed by atoms with Gasteiger partial charge in [-0.2, -0.15) is 24.5 Å². The number of carbonyl (C=O) groups is 1. The Bertz CT molecular complexity index is 1360. The number of benzene rings is 1. The highest BCUT2D eigenvalue weighted by atomic mass is 31.3. The molecule has 196 valence electrons. The van der Waals surface area contributed by atoms with Crippen molar-refractivity contribution in [1.29, 1.82) is 0 Å². The lowest BCUT2D eigenvalue weighted by atomic mass is 9.97. The molecule has 0 aliphatic carbocycles. The Hall–Kier alpha value is -2.44. The molecule has 0 saturated heterocycles. The van der Waals surface area contributed by atoms with Crippen LogP contribution in [0.2, 0.25) is 0 Å². The minimum Gasteiger partial charge on any atom is -0.509 e. The zero-order valence-electron chi connectivity index (χ0n) is 19.4. The second kappa shape index (κ2) is 9.79. The summed E-state index contributed by atoms with van der Waals surface area (Å²) < 4.78 is 20.5. The lowest BCUT2D eigenvalue weighted by molar-refractivity contribution is -0.117. The summed E-state index contributed by atoms with van der Waals surface area (Å²) in [5.74, 6) is -1.69. The van der Waals surface area contributed by atoms with Crippen molar-refractivity contribution in [2.24, 2.45) is 0 Å². The number of carbonyl (C=O) groups excluding carboxylic acids is 1. The van der Waals surface area contributed by atoms with E-state index in [0.29, 0.717) is 28.2 Å². The molecule has 3 rings (SSSR count). The molecule has 13 nitrogen and oxygen atoms in total. The van der Waals surface area contributed by atoms with Crippen molar-refractivity contribution in [2.75, 3.05) is 6.61 Å². The van der Waals surface area contributed by atoms with E-state index < -0.39 is 44.0 Å². The Morgan fingerprint density at radius 1 is 1.06 bits per heavy atom. The van der Waals surface area contributed by atoms with Crippen molar-refractivity contribution < 1.29 is 57.4 Å². The van der Waals surface area contributed by atoms with Gasteiger partial charge in [-0.25, -0.2) is 4.79 Å². The minimum atomic E-state index is -5.10. The Kier molecular flexibility index (Phi) is 7.65. The van der Waals surface area contributed by atoms with Gasteiger partial charge in [0.25, 0.3) is 0 Å². The van der Waals surface area contributed by atoms with E-state index >= 15 is 0 Å². The SMILES string of the molecule is CC(O)(CCOc1c2ccoc2cc2oc(=O)ccc12)C(O)=CC(=O)C(C)(C)[P+](O)(O)O[P+](O)(O)O. The van der Waals surface area contributed by atoms with Crippen LogP contribution >= 0.6 is 16.1 Å². The van der Waals surface area contributed by atoms with Crippen molar-refractivity contribution in [3.8, 4) is 5.75 Å². The molecule has 2 aromatic heterocycles. The van der Waals surface area contributed by atoms with E-state index in [1.165, 1.54) is 31.4 Å². The van der Waals surface area contributed by atoms with Crippen LogP contribution in [0.15, 0.2) is 56.0 Å². The number of aliphatic hydroxyl groups is 2. The number of ether oxygens (including phenoxy) is 1. The standard InChI is InChI=1S/C21H25O13P2/c1-20(2,35(26,27)34-36(28,29)30)16(22)11-17(23)21(3,25)7-9-32-19-12-4-5-18(24)33-15(12)10-14-13(19)6-8-31-14/h4-6,8,10-11,25-30H,7,9H2,1-3H3/q+1/p+1. The van der Waals surface area contributed by atoms with Gasteiger partial charge in [-0.1, -0.05) is 0 Å². The molecule has 3 aromatic rings. The van der Waals surface area contributed by atoms with Crippen LogP contribution in [0.4, 0.5) is 0 Å². The first-order chi connectivity index (χ1) is 16.4. The summed E-state index contributed by atoms with van der Waals surface area (Å²) >= 11 is 0. The van der Waals surface area contributed by atoms with E-state index in [2.05, 4.69) is 4.31 Å². The molecule has 2 heterocycles. The Morgan fingerprint density at radius 3 is 2.33 bits per heavy atom. The van der Waals surface area contributed by atoms with Gasteiger partial charge in [0.15, 0.2) is 0 Å². The number of rotatable bonds is 10. The van der Waals surface area contributed by atoms with Gasteiger partial charge in [0.05, 0.1) is 28.0 Å². The van der Waals surface area contributed by atoms with E-state index in [9.17, 15) is 29.6 Å². The van der Waals surface area contributed by atoms with Gasteiger partial charge < -0.3 is 23.8 Å². The molecule has 36 heavy (non-hydrogen) atoms. The van der Waals surface area contributed by atoms with Crippen LogP contribution in [0.3, 0.4) is 0 Å². The summed E-state index contributed by atoms with van der Waals surface area (Å²) in [5.41, 5.74) is -2.00. The van der Waals surface area contributed by atoms with Crippen LogP contribution in [0, 0.1) is 0 Å². The van der Waals surface area contributed by atoms with Crippen molar-refractivity contribution in [2.45, 2.75) is 37.9 Å². The molecular formula is C21H26O13P2+2. The Balaban J connectivity index is 1.78. The van der Waals surface area contributed by atoms with E-state index in [1.807, 2.05) is 0 Å². The van der Waals surface area contributed by atoms with E-state index in [1.54, 1.807) is 6.07 Å². The molecule has 15 heteroatoms. The molecule has 7 N–H and O–H groups in total. The lowest BCUT2D eigenvalue weighted by Crippen LogP contribution is -2.36. The molecule has 0 spiro atoms. The number of allylic oxidation sites excluding steroid dienone is 1. The van der Waals surface area contributed by atoms with Crippen LogP contribution in [0.1, 0.15) is 27.2 Å². The largest absolute Gasteiger partial charge is 0.612 e. The highest BCUT2D eigenvalue weighted by Crippen LogP contribution is 2.73. The van der Waals surface area contributed by atoms with Crippen molar-refractivity contribution in [3.63, 3.8) is 0 Å². The van der Waals surface area contributed by atoms with Gasteiger partial charge in [0.2, 0.25) is 10.9 Å². The minimum absolute atomic E-state index is 0.187. The van der Waals surface area contributed by atoms with Crippen molar-refractivity contribution in [1.82, 2.24) is 0 Å². The summed E-state index contributed by atoms with van der Waals surface area (Å²) in [6, 6.07) is 5.88. The molecule has 0 fully saturated rings. The van der Waals surface area contributed by atoms with Gasteiger partial charge in [-0.15, -0.1) is 0 Å². The second-order valence-electron chi connectivity index (χ2n) is 8.67. The van der Waals surface area contributed by atoms with Crippen LogP contribution in [-0.2, 0) is 9.11 Å². The Morgan fingerprint density at radius 2 is 1.69 bits per heavy atom. The number of aliphatic hydroxyl groups excluding tert-OH is 1. The van der Waals surface area contributed by atoms with Gasteiger partial charge in [0.1, 0.15) is 28.3 Å². The summed E-state index contributed by atoms with van der Waals surface area (Å²) in [6.07, 6.45) is 1.71. The lowest BCUT2D eigenvalue weighted by Gasteiger charge is -2.25. The predicted octanol–water partition coefficient (Wildman–Crippen LogP) is 2.27. The average Bonchev–Trinajstić information content (AvgIpc) is 3.19. The highest BCUT2D eigenvalue weighted by molar-refractivity contribution is 7.71. The smallest absolute Gasteiger partial charge is 0.509 e. The Labute approximate surface area is 204 Å². The van der Waals surface area contributed by atoms with Crippen molar-refractivity contribution in [3.05, 3.63) is 52.8 Å². The molecule has 1 atom stereocenters. The molecule has 0 aliphatic heterocycles. The molecule has 0 amide bonds. The molecule has 0 aliphatic rings. The number of furan rings is 1. The zero-order chi connectivity index (χ0) is 27.1. The summed E-state index contributed by atoms with van der Waals surface area (Å²) in [7, 11) is -9.99. The van der Waals surface area contributed by atoms with Gasteiger partial charge >= 0.3 is 21.7 Å². The van der Waals surface area contributed by atoms with Crippen LogP contribution in [0.25, 0.3) is 21.9 Å². The van der Waals surface area contributed by atoms with Gasteiger partial charge in [-0.05, 0) is 32.9 Å². The normalized spacial score (nSPS) is 15.3. The van der Waals surface area contributed by atoms with Gasteiger partial charge in [0, 0.05) is 24.6 Å². The predicted molar refractivity (Wildman–Crippen MR) is 129 cm³/mol. The molecule has 0 saturated carbocycles. The summed E-state index contributed by atoms with van der Waals surface area (Å²) in [4.78, 5) is 71.2.